The second kappa shape index (κ2) is 14.9. The number of aldehydes is 1. The van der Waals surface area contributed by atoms with Gasteiger partial charge in [0, 0.05) is 13.0 Å². The molecule has 0 heterocycles. The first-order valence-electron chi connectivity index (χ1n) is 10.2. The molecule has 0 radical (unpaired) electrons. The van der Waals surface area contributed by atoms with Gasteiger partial charge >= 0.3 is 11.9 Å². The van der Waals surface area contributed by atoms with Crippen molar-refractivity contribution in [2.45, 2.75) is 70.1 Å². The molecule has 10 N–H and O–H groups in total. The first kappa shape index (κ1) is 28.9. The van der Waals surface area contributed by atoms with Crippen LogP contribution < -0.4 is 27.4 Å². The van der Waals surface area contributed by atoms with Gasteiger partial charge in [0.2, 0.25) is 5.91 Å². The van der Waals surface area contributed by atoms with Gasteiger partial charge in [0.15, 0.2) is 5.96 Å². The monoisotopic (exact) mass is 458 g/mol. The second-order valence-corrected chi connectivity index (χ2v) is 7.72. The van der Waals surface area contributed by atoms with Gasteiger partial charge in [-0.05, 0) is 25.2 Å². The number of ketones is 1. The predicted octanol–water partition coefficient (Wildman–Crippen LogP) is -1.85. The highest BCUT2D eigenvalue weighted by atomic mass is 16.4. The molecule has 0 aromatic heterocycles. The third kappa shape index (κ3) is 12.0. The minimum absolute atomic E-state index is 0.0162. The maximum absolute atomic E-state index is 12.5. The maximum atomic E-state index is 12.5. The molecule has 4 atom stereocenters. The van der Waals surface area contributed by atoms with Gasteiger partial charge in [0.1, 0.15) is 18.1 Å². The quantitative estimate of drug-likeness (QED) is 0.0521. The molecule has 0 spiro atoms. The molecule has 32 heavy (non-hydrogen) atoms. The third-order valence-corrected chi connectivity index (χ3v) is 4.63. The standard InChI is InChI=1S/C19H34N6O7/c1-10(2)16(18(31)32)25-17(30)13(8-15(28)29)24-11(9-26)5-6-14(27)12(20)4-3-7-23-19(21)22/h9-13,16,24H,3-8,20H2,1-2H3,(H,25,30)(H,28,29)(H,31,32)(H4,21,22,23)/t11?,12-,13-,16-/m0/s1. The van der Waals surface area contributed by atoms with Gasteiger partial charge in [-0.15, -0.1) is 0 Å². The van der Waals surface area contributed by atoms with Crippen LogP contribution in [0.15, 0.2) is 0 Å². The normalized spacial score (nSPS) is 14.6. The lowest BCUT2D eigenvalue weighted by atomic mass is 10.0. The van der Waals surface area contributed by atoms with Crippen LogP contribution in [0.3, 0.4) is 0 Å². The number of rotatable bonds is 17. The Labute approximate surface area is 186 Å². The summed E-state index contributed by atoms with van der Waals surface area (Å²) in [6, 6.07) is -4.39. The Kier molecular flexibility index (Phi) is 13.4. The first-order chi connectivity index (χ1) is 14.9. The SMILES string of the molecule is CC(C)[C@H](NC(=O)[C@H](CC(=O)O)NC(C=O)CCC(=O)[C@@H](N)CCCNC(=N)N)C(=O)O. The van der Waals surface area contributed by atoms with Crippen LogP contribution in [0.1, 0.15) is 46.0 Å². The van der Waals surface area contributed by atoms with Gasteiger partial charge in [-0.1, -0.05) is 13.8 Å². The highest BCUT2D eigenvalue weighted by Crippen LogP contribution is 2.07. The topological polar surface area (TPSA) is 238 Å². The largest absolute Gasteiger partial charge is 0.481 e. The Morgan fingerprint density at radius 3 is 2.22 bits per heavy atom. The summed E-state index contributed by atoms with van der Waals surface area (Å²) >= 11 is 0. The highest BCUT2D eigenvalue weighted by molar-refractivity contribution is 5.90. The summed E-state index contributed by atoms with van der Waals surface area (Å²) < 4.78 is 0. The van der Waals surface area contributed by atoms with E-state index in [4.69, 9.17) is 22.0 Å². The molecule has 0 fully saturated rings. The van der Waals surface area contributed by atoms with E-state index in [9.17, 15) is 29.1 Å². The van der Waals surface area contributed by atoms with E-state index in [1.54, 1.807) is 13.8 Å². The lowest BCUT2D eigenvalue weighted by Crippen LogP contribution is -2.54. The molecule has 182 valence electrons. The van der Waals surface area contributed by atoms with Crippen molar-refractivity contribution in [2.24, 2.45) is 17.4 Å². The molecule has 0 rings (SSSR count). The Bertz CT molecular complexity index is 685. The lowest BCUT2D eigenvalue weighted by Gasteiger charge is -2.24. The average molecular weight is 459 g/mol. The molecule has 0 aliphatic carbocycles. The summed E-state index contributed by atoms with van der Waals surface area (Å²) in [5.74, 6) is -4.42. The number of amides is 1. The Morgan fingerprint density at radius 2 is 1.75 bits per heavy atom. The fourth-order valence-electron chi connectivity index (χ4n) is 2.81. The molecular formula is C19H34N6O7. The average Bonchev–Trinajstić information content (AvgIpc) is 2.69. The lowest BCUT2D eigenvalue weighted by molar-refractivity contribution is -0.144. The molecule has 0 aliphatic heterocycles. The summed E-state index contributed by atoms with van der Waals surface area (Å²) in [7, 11) is 0. The number of carbonyl (C=O) groups excluding carboxylic acids is 3. The number of hydrogen-bond acceptors (Lipinski definition) is 8. The minimum Gasteiger partial charge on any atom is -0.481 e. The van der Waals surface area contributed by atoms with Crippen molar-refractivity contribution < 1.29 is 34.2 Å². The summed E-state index contributed by atoms with van der Waals surface area (Å²) in [6.07, 6.45) is 0.518. The zero-order valence-electron chi connectivity index (χ0n) is 18.3. The van der Waals surface area contributed by atoms with Crippen LogP contribution in [0.5, 0.6) is 0 Å². The van der Waals surface area contributed by atoms with E-state index in [0.717, 1.165) is 0 Å². The summed E-state index contributed by atoms with van der Waals surface area (Å²) in [5.41, 5.74) is 11.0. The smallest absolute Gasteiger partial charge is 0.326 e. The number of aliphatic carboxylic acids is 2. The fourth-order valence-corrected chi connectivity index (χ4v) is 2.81. The molecule has 0 aromatic carbocycles. The Balaban J connectivity index is 4.89. The number of Topliss-reactive ketones (excluding diaryl/α,β-unsaturated/α-hetero) is 1. The van der Waals surface area contributed by atoms with E-state index < -0.39 is 54.4 Å². The maximum Gasteiger partial charge on any atom is 0.326 e. The van der Waals surface area contributed by atoms with Crippen LogP contribution in [-0.2, 0) is 24.0 Å². The van der Waals surface area contributed by atoms with Crippen molar-refractivity contribution in [3.8, 4) is 0 Å². The zero-order valence-corrected chi connectivity index (χ0v) is 18.3. The van der Waals surface area contributed by atoms with E-state index >= 15 is 0 Å². The van der Waals surface area contributed by atoms with E-state index in [1.807, 2.05) is 0 Å². The summed E-state index contributed by atoms with van der Waals surface area (Å²) in [4.78, 5) is 58.5. The van der Waals surface area contributed by atoms with Crippen LogP contribution in [0.2, 0.25) is 0 Å². The van der Waals surface area contributed by atoms with Crippen molar-refractivity contribution in [1.29, 1.82) is 5.41 Å². The summed E-state index contributed by atoms with van der Waals surface area (Å²) in [6.45, 7) is 3.55. The fraction of sp³-hybridized carbons (Fsp3) is 0.684. The third-order valence-electron chi connectivity index (χ3n) is 4.63. The van der Waals surface area contributed by atoms with E-state index in [0.29, 0.717) is 25.7 Å². The van der Waals surface area contributed by atoms with E-state index in [2.05, 4.69) is 16.0 Å². The van der Waals surface area contributed by atoms with Crippen LogP contribution in [-0.4, -0.2) is 76.8 Å². The van der Waals surface area contributed by atoms with Gasteiger partial charge in [-0.2, -0.15) is 0 Å². The van der Waals surface area contributed by atoms with Gasteiger partial charge in [-0.3, -0.25) is 25.1 Å². The molecule has 1 unspecified atom stereocenters. The first-order valence-corrected chi connectivity index (χ1v) is 10.2. The van der Waals surface area contributed by atoms with Gasteiger partial charge in [-0.25, -0.2) is 4.79 Å². The molecule has 0 aliphatic rings. The van der Waals surface area contributed by atoms with Gasteiger partial charge in [0.25, 0.3) is 0 Å². The van der Waals surface area contributed by atoms with Gasteiger partial charge in [0.05, 0.1) is 24.5 Å². The molecule has 0 saturated heterocycles. The van der Waals surface area contributed by atoms with Crippen molar-refractivity contribution in [3.63, 3.8) is 0 Å². The van der Waals surface area contributed by atoms with E-state index in [-0.39, 0.29) is 24.6 Å². The predicted molar refractivity (Wildman–Crippen MR) is 115 cm³/mol. The molecule has 13 nitrogen and oxygen atoms in total. The number of nitrogens with two attached hydrogens (primary N) is 2. The van der Waals surface area contributed by atoms with Crippen molar-refractivity contribution in [1.82, 2.24) is 16.0 Å². The van der Waals surface area contributed by atoms with Crippen LogP contribution in [0.25, 0.3) is 0 Å². The minimum atomic E-state index is -1.37. The van der Waals surface area contributed by atoms with Crippen molar-refractivity contribution in [3.05, 3.63) is 0 Å². The van der Waals surface area contributed by atoms with Gasteiger partial charge < -0.3 is 37.1 Å². The molecule has 13 heteroatoms. The Hall–Kier alpha value is -3.06. The van der Waals surface area contributed by atoms with E-state index in [1.165, 1.54) is 0 Å². The highest BCUT2D eigenvalue weighted by Gasteiger charge is 2.30. The number of guanidine groups is 1. The number of carboxylic acid groups (broad SMARTS) is 2. The number of carbonyl (C=O) groups is 5. The van der Waals surface area contributed by atoms with Crippen molar-refractivity contribution >= 4 is 35.9 Å². The molecule has 0 aromatic rings. The summed E-state index contributed by atoms with van der Waals surface area (Å²) in [5, 5.41) is 32.8. The molecule has 0 saturated carbocycles. The second-order valence-electron chi connectivity index (χ2n) is 7.72. The number of carboxylic acids is 2. The molecular weight excluding hydrogens is 424 g/mol. The van der Waals surface area contributed by atoms with Crippen LogP contribution in [0, 0.1) is 11.3 Å². The number of hydrogen-bond donors (Lipinski definition) is 8. The zero-order chi connectivity index (χ0) is 24.8. The Morgan fingerprint density at radius 1 is 1.12 bits per heavy atom. The number of nitrogens with one attached hydrogen (secondary N) is 4. The van der Waals surface area contributed by atoms with Crippen molar-refractivity contribution in [2.75, 3.05) is 6.54 Å². The van der Waals surface area contributed by atoms with Crippen LogP contribution >= 0.6 is 0 Å². The molecule has 1 amide bonds. The molecule has 0 bridgehead atoms. The van der Waals surface area contributed by atoms with Crippen LogP contribution in [0.4, 0.5) is 0 Å².